The van der Waals surface area contributed by atoms with Crippen molar-refractivity contribution in [2.24, 2.45) is 0 Å². The molecule has 0 bridgehead atoms. The van der Waals surface area contributed by atoms with Gasteiger partial charge in [0, 0.05) is 19.6 Å². The number of halogens is 1. The number of imidazole rings is 1. The summed E-state index contributed by atoms with van der Waals surface area (Å²) in [5.74, 6) is 0.755. The van der Waals surface area contributed by atoms with Gasteiger partial charge < -0.3 is 14.6 Å². The average Bonchev–Trinajstić information content (AvgIpc) is 3.11. The van der Waals surface area contributed by atoms with E-state index in [9.17, 15) is 0 Å². The van der Waals surface area contributed by atoms with Gasteiger partial charge >= 0.3 is 0 Å². The molecule has 0 amide bonds. The minimum Gasteiger partial charge on any atom is -0.373 e. The third kappa shape index (κ3) is 4.07. The first-order valence-corrected chi connectivity index (χ1v) is 9.04. The lowest BCUT2D eigenvalue weighted by molar-refractivity contribution is -0.0556. The Hall–Kier alpha value is -1.78. The zero-order chi connectivity index (χ0) is 17.9. The van der Waals surface area contributed by atoms with Crippen LogP contribution in [0.5, 0.6) is 0 Å². The van der Waals surface area contributed by atoms with E-state index in [1.165, 1.54) is 5.56 Å². The van der Waals surface area contributed by atoms with Crippen LogP contribution in [0.25, 0.3) is 11.2 Å². The fraction of sp³-hybridized carbons (Fsp3) is 0.421. The maximum absolute atomic E-state index is 6.10. The summed E-state index contributed by atoms with van der Waals surface area (Å²) in [5.41, 5.74) is 2.92. The number of rotatable bonds is 5. The van der Waals surface area contributed by atoms with Crippen molar-refractivity contribution in [3.05, 3.63) is 48.5 Å². The average molecular weight is 480 g/mol. The van der Waals surface area contributed by atoms with Crippen molar-refractivity contribution >= 4 is 41.0 Å². The molecule has 3 heterocycles. The van der Waals surface area contributed by atoms with Crippen LogP contribution in [0.4, 0.5) is 5.82 Å². The summed E-state index contributed by atoms with van der Waals surface area (Å²) in [6.45, 7) is 5.23. The van der Waals surface area contributed by atoms with Crippen molar-refractivity contribution in [3.63, 3.8) is 0 Å². The van der Waals surface area contributed by atoms with Crippen molar-refractivity contribution in [1.82, 2.24) is 24.4 Å². The van der Waals surface area contributed by atoms with Crippen molar-refractivity contribution < 1.29 is 4.74 Å². The summed E-state index contributed by atoms with van der Waals surface area (Å²) < 4.78 is 8.12. The van der Waals surface area contributed by atoms with Gasteiger partial charge in [-0.05, 0) is 19.5 Å². The summed E-state index contributed by atoms with van der Waals surface area (Å²) >= 11 is 0. The first kappa shape index (κ1) is 20.0. The highest BCUT2D eigenvalue weighted by molar-refractivity contribution is 14.0. The predicted octanol–water partition coefficient (Wildman–Crippen LogP) is 2.95. The highest BCUT2D eigenvalue weighted by atomic mass is 127. The molecule has 3 aromatic rings. The molecule has 1 saturated heterocycles. The monoisotopic (exact) mass is 480 g/mol. The van der Waals surface area contributed by atoms with E-state index < -0.39 is 0 Å². The number of benzene rings is 1. The molecule has 4 rings (SSSR count). The molecular weight excluding hydrogens is 455 g/mol. The van der Waals surface area contributed by atoms with Gasteiger partial charge in [0.1, 0.15) is 11.8 Å². The minimum absolute atomic E-state index is 0. The van der Waals surface area contributed by atoms with Crippen LogP contribution in [0.15, 0.2) is 43.0 Å². The van der Waals surface area contributed by atoms with Gasteiger partial charge in [0.2, 0.25) is 0 Å². The molecule has 7 nitrogen and oxygen atoms in total. The number of ether oxygens (including phenoxy) is 1. The van der Waals surface area contributed by atoms with Crippen molar-refractivity contribution in [1.29, 1.82) is 0 Å². The van der Waals surface area contributed by atoms with Crippen molar-refractivity contribution in [2.75, 3.05) is 32.1 Å². The van der Waals surface area contributed by atoms with E-state index in [-0.39, 0.29) is 36.1 Å². The van der Waals surface area contributed by atoms with Crippen LogP contribution < -0.4 is 5.32 Å². The van der Waals surface area contributed by atoms with Gasteiger partial charge in [-0.2, -0.15) is 0 Å². The number of likely N-dealkylation sites (N-methyl/N-ethyl adjacent to an activating group) is 1. The van der Waals surface area contributed by atoms with E-state index >= 15 is 0 Å². The van der Waals surface area contributed by atoms with Crippen LogP contribution in [0.1, 0.15) is 18.5 Å². The van der Waals surface area contributed by atoms with Gasteiger partial charge in [0.25, 0.3) is 0 Å². The Morgan fingerprint density at radius 1 is 1.19 bits per heavy atom. The van der Waals surface area contributed by atoms with E-state index in [2.05, 4.69) is 63.4 Å². The summed E-state index contributed by atoms with van der Waals surface area (Å²) in [5, 5.41) is 3.44. The normalized spacial score (nSPS) is 20.4. The van der Waals surface area contributed by atoms with Crippen LogP contribution in [0, 0.1) is 0 Å². The van der Waals surface area contributed by atoms with Gasteiger partial charge in [-0.1, -0.05) is 30.3 Å². The van der Waals surface area contributed by atoms with Crippen LogP contribution in [0.3, 0.4) is 0 Å². The summed E-state index contributed by atoms with van der Waals surface area (Å²) in [6, 6.07) is 10.7. The van der Waals surface area contributed by atoms with Gasteiger partial charge in [-0.15, -0.1) is 24.0 Å². The molecule has 144 valence electrons. The molecule has 1 N–H and O–H groups in total. The van der Waals surface area contributed by atoms with Crippen molar-refractivity contribution in [3.8, 4) is 0 Å². The fourth-order valence-corrected chi connectivity index (χ4v) is 3.59. The molecule has 27 heavy (non-hydrogen) atoms. The maximum Gasteiger partial charge on any atom is 0.165 e. The molecule has 2 atom stereocenters. The second-order valence-electron chi connectivity index (χ2n) is 6.55. The molecular formula is C19H25IN6O. The Bertz CT molecular complexity index is 871. The molecule has 8 heteroatoms. The molecule has 0 unspecified atom stereocenters. The van der Waals surface area contributed by atoms with Gasteiger partial charge in [0.05, 0.1) is 25.1 Å². The number of nitrogens with zero attached hydrogens (tertiary/aromatic N) is 5. The van der Waals surface area contributed by atoms with Gasteiger partial charge in [0.15, 0.2) is 11.5 Å². The Balaban J connectivity index is 0.00000210. The second-order valence-corrected chi connectivity index (χ2v) is 6.55. The highest BCUT2D eigenvalue weighted by Crippen LogP contribution is 2.28. The molecule has 0 radical (unpaired) electrons. The number of morpholine rings is 1. The third-order valence-corrected chi connectivity index (χ3v) is 4.96. The molecule has 1 aliphatic rings. The molecule has 1 aromatic carbocycles. The molecule has 1 fully saturated rings. The Kier molecular flexibility index (Phi) is 6.61. The van der Waals surface area contributed by atoms with Gasteiger partial charge in [-0.25, -0.2) is 15.0 Å². The Morgan fingerprint density at radius 3 is 2.78 bits per heavy atom. The lowest BCUT2D eigenvalue weighted by atomic mass is 9.98. The zero-order valence-corrected chi connectivity index (χ0v) is 17.9. The van der Waals surface area contributed by atoms with E-state index in [0.717, 1.165) is 36.7 Å². The summed E-state index contributed by atoms with van der Waals surface area (Å²) in [7, 11) is 2.15. The lowest BCUT2D eigenvalue weighted by Gasteiger charge is -2.39. The van der Waals surface area contributed by atoms with Gasteiger partial charge in [-0.3, -0.25) is 4.90 Å². The standard InChI is InChI=1S/C19H24N6O.HI/c1-3-25-13-23-16-18(21-12-22-19(16)25)20-11-15-17(24(2)9-10-26-15)14-7-5-4-6-8-14;/h4-8,12-13,15,17H,3,9-11H2,1-2H3,(H,20,21,22);1H/t15-,17-;/m0./s1. The van der Waals surface area contributed by atoms with Crippen LogP contribution >= 0.6 is 24.0 Å². The maximum atomic E-state index is 6.10. The number of fused-ring (bicyclic) bond motifs is 1. The van der Waals surface area contributed by atoms with E-state index in [0.29, 0.717) is 6.54 Å². The minimum atomic E-state index is 0. The number of hydrogen-bond donors (Lipinski definition) is 1. The SMILES string of the molecule is CCn1cnc2c(NC[C@@H]3OCCN(C)[C@H]3c3ccccc3)ncnc21.I. The number of hydrogen-bond acceptors (Lipinski definition) is 6. The van der Waals surface area contributed by atoms with Crippen LogP contribution in [0.2, 0.25) is 0 Å². The molecule has 1 aliphatic heterocycles. The lowest BCUT2D eigenvalue weighted by Crippen LogP contribution is -2.46. The number of anilines is 1. The van der Waals surface area contributed by atoms with Crippen LogP contribution in [-0.2, 0) is 11.3 Å². The molecule has 0 aliphatic carbocycles. The molecule has 2 aromatic heterocycles. The first-order valence-electron chi connectivity index (χ1n) is 9.04. The van der Waals surface area contributed by atoms with E-state index in [1.807, 2.05) is 17.0 Å². The van der Waals surface area contributed by atoms with Crippen LogP contribution in [-0.4, -0.2) is 57.3 Å². The summed E-state index contributed by atoms with van der Waals surface area (Å²) in [4.78, 5) is 15.6. The third-order valence-electron chi connectivity index (χ3n) is 4.96. The quantitative estimate of drug-likeness (QED) is 0.567. The summed E-state index contributed by atoms with van der Waals surface area (Å²) in [6.07, 6.45) is 3.43. The predicted molar refractivity (Wildman–Crippen MR) is 116 cm³/mol. The number of aromatic nitrogens is 4. The van der Waals surface area contributed by atoms with Crippen molar-refractivity contribution in [2.45, 2.75) is 25.6 Å². The van der Waals surface area contributed by atoms with E-state index in [1.54, 1.807) is 6.33 Å². The Labute approximate surface area is 176 Å². The van der Waals surface area contributed by atoms with E-state index in [4.69, 9.17) is 4.74 Å². The number of aryl methyl sites for hydroxylation is 1. The topological polar surface area (TPSA) is 68.1 Å². The largest absolute Gasteiger partial charge is 0.373 e. The highest BCUT2D eigenvalue weighted by Gasteiger charge is 2.31. The second kappa shape index (κ2) is 8.94. The number of nitrogens with one attached hydrogen (secondary N) is 1. The first-order chi connectivity index (χ1) is 12.8. The molecule has 0 saturated carbocycles. The fourth-order valence-electron chi connectivity index (χ4n) is 3.59. The Morgan fingerprint density at radius 2 is 2.00 bits per heavy atom. The molecule has 0 spiro atoms. The zero-order valence-electron chi connectivity index (χ0n) is 15.6. The smallest absolute Gasteiger partial charge is 0.165 e.